The Balaban J connectivity index is 2.01. The van der Waals surface area contributed by atoms with Crippen LogP contribution in [0.4, 0.5) is 0 Å². The molecule has 1 fully saturated rings. The molecule has 1 aliphatic heterocycles. The zero-order chi connectivity index (χ0) is 15.6. The number of rotatable bonds is 2. The van der Waals surface area contributed by atoms with Gasteiger partial charge in [0.2, 0.25) is 0 Å². The summed E-state index contributed by atoms with van der Waals surface area (Å²) in [7, 11) is 0. The van der Waals surface area contributed by atoms with Gasteiger partial charge in [-0.15, -0.1) is 0 Å². The van der Waals surface area contributed by atoms with E-state index in [2.05, 4.69) is 32.9 Å². The van der Waals surface area contributed by atoms with Gasteiger partial charge in [0.15, 0.2) is 0 Å². The Hall–Kier alpha value is -1.35. The normalized spacial score (nSPS) is 18.6. The smallest absolute Gasteiger partial charge is 0.253 e. The number of aliphatic hydroxyl groups is 1. The highest BCUT2D eigenvalue weighted by atomic mass is 16.3. The number of hydrogen-bond donors (Lipinski definition) is 1. The Bertz CT molecular complexity index is 477. The van der Waals surface area contributed by atoms with E-state index in [1.807, 2.05) is 24.0 Å². The Labute approximate surface area is 128 Å². The van der Waals surface area contributed by atoms with Gasteiger partial charge >= 0.3 is 0 Å². The van der Waals surface area contributed by atoms with Gasteiger partial charge in [-0.3, -0.25) is 4.79 Å². The second-order valence-corrected chi connectivity index (χ2v) is 7.20. The van der Waals surface area contributed by atoms with Crippen molar-refractivity contribution < 1.29 is 9.90 Å². The van der Waals surface area contributed by atoms with E-state index in [-0.39, 0.29) is 17.4 Å². The molecule has 1 heterocycles. The first kappa shape index (κ1) is 16.0. The molecule has 0 spiro atoms. The van der Waals surface area contributed by atoms with Crippen molar-refractivity contribution in [2.75, 3.05) is 13.1 Å². The van der Waals surface area contributed by atoms with Crippen LogP contribution in [0.1, 0.15) is 56.5 Å². The molecule has 0 aromatic heterocycles. The van der Waals surface area contributed by atoms with Crippen LogP contribution in [-0.4, -0.2) is 35.1 Å². The van der Waals surface area contributed by atoms with Gasteiger partial charge in [0, 0.05) is 18.7 Å². The zero-order valence-corrected chi connectivity index (χ0v) is 13.6. The van der Waals surface area contributed by atoms with Crippen molar-refractivity contribution in [3.8, 4) is 0 Å². The second-order valence-electron chi connectivity index (χ2n) is 7.20. The van der Waals surface area contributed by atoms with E-state index in [0.29, 0.717) is 5.92 Å². The average molecular weight is 289 g/mol. The number of amides is 1. The second kappa shape index (κ2) is 6.18. The van der Waals surface area contributed by atoms with E-state index in [4.69, 9.17) is 0 Å². The van der Waals surface area contributed by atoms with Crippen LogP contribution in [0.5, 0.6) is 0 Å². The van der Waals surface area contributed by atoms with E-state index in [0.717, 1.165) is 31.5 Å². The molecule has 0 bridgehead atoms. The van der Waals surface area contributed by atoms with Crippen molar-refractivity contribution >= 4 is 5.91 Å². The third-order valence-corrected chi connectivity index (χ3v) is 4.51. The van der Waals surface area contributed by atoms with Crippen LogP contribution in [0.15, 0.2) is 24.3 Å². The summed E-state index contributed by atoms with van der Waals surface area (Å²) in [5.74, 6) is 0.441. The van der Waals surface area contributed by atoms with Gasteiger partial charge in [0.05, 0.1) is 6.10 Å². The molecule has 1 aromatic rings. The number of piperidine rings is 1. The molecule has 1 atom stereocenters. The third-order valence-electron chi connectivity index (χ3n) is 4.51. The molecule has 1 N–H and O–H groups in total. The van der Waals surface area contributed by atoms with Crippen molar-refractivity contribution in [1.82, 2.24) is 4.90 Å². The summed E-state index contributed by atoms with van der Waals surface area (Å²) in [5.41, 5.74) is 2.11. The highest BCUT2D eigenvalue weighted by molar-refractivity contribution is 5.94. The molecule has 0 saturated carbocycles. The summed E-state index contributed by atoms with van der Waals surface area (Å²) < 4.78 is 0. The SMILES string of the molecule is CC(O)C1CCN(C(=O)c2ccc(C(C)(C)C)cc2)CC1. The van der Waals surface area contributed by atoms with E-state index in [1.54, 1.807) is 0 Å². The van der Waals surface area contributed by atoms with Gasteiger partial charge in [-0.05, 0) is 48.8 Å². The fourth-order valence-corrected chi connectivity index (χ4v) is 2.88. The summed E-state index contributed by atoms with van der Waals surface area (Å²) >= 11 is 0. The summed E-state index contributed by atoms with van der Waals surface area (Å²) in [6.45, 7) is 9.85. The van der Waals surface area contributed by atoms with Crippen LogP contribution in [-0.2, 0) is 5.41 Å². The number of carbonyl (C=O) groups excluding carboxylic acids is 1. The molecule has 0 aliphatic carbocycles. The minimum atomic E-state index is -0.270. The molecule has 1 saturated heterocycles. The van der Waals surface area contributed by atoms with Gasteiger partial charge in [0.1, 0.15) is 0 Å². The third kappa shape index (κ3) is 3.85. The maximum atomic E-state index is 12.5. The molecule has 21 heavy (non-hydrogen) atoms. The predicted molar refractivity (Wildman–Crippen MR) is 85.5 cm³/mol. The summed E-state index contributed by atoms with van der Waals surface area (Å²) in [4.78, 5) is 14.4. The number of benzene rings is 1. The maximum Gasteiger partial charge on any atom is 0.253 e. The minimum absolute atomic E-state index is 0.108. The van der Waals surface area contributed by atoms with Crippen LogP contribution in [0.25, 0.3) is 0 Å². The van der Waals surface area contributed by atoms with Crippen LogP contribution >= 0.6 is 0 Å². The standard InChI is InChI=1S/C18H27NO2/c1-13(20)14-9-11-19(12-10-14)17(21)15-5-7-16(8-6-15)18(2,3)4/h5-8,13-14,20H,9-12H2,1-4H3. The molecule has 1 amide bonds. The first-order chi connectivity index (χ1) is 9.79. The van der Waals surface area contributed by atoms with Crippen molar-refractivity contribution in [3.63, 3.8) is 0 Å². The van der Waals surface area contributed by atoms with E-state index >= 15 is 0 Å². The fraction of sp³-hybridized carbons (Fsp3) is 0.611. The topological polar surface area (TPSA) is 40.5 Å². The molecule has 0 radical (unpaired) electrons. The quantitative estimate of drug-likeness (QED) is 0.908. The number of nitrogens with zero attached hydrogens (tertiary/aromatic N) is 1. The van der Waals surface area contributed by atoms with Crippen LogP contribution < -0.4 is 0 Å². The summed E-state index contributed by atoms with van der Waals surface area (Å²) in [5, 5.41) is 9.62. The summed E-state index contributed by atoms with van der Waals surface area (Å²) in [6, 6.07) is 7.97. The molecule has 1 aliphatic rings. The Morgan fingerprint density at radius 1 is 1.19 bits per heavy atom. The molecule has 116 valence electrons. The Morgan fingerprint density at radius 2 is 1.71 bits per heavy atom. The minimum Gasteiger partial charge on any atom is -0.393 e. The fourth-order valence-electron chi connectivity index (χ4n) is 2.88. The van der Waals surface area contributed by atoms with Crippen LogP contribution in [0.3, 0.4) is 0 Å². The van der Waals surface area contributed by atoms with Crippen molar-refractivity contribution in [3.05, 3.63) is 35.4 Å². The largest absolute Gasteiger partial charge is 0.393 e. The maximum absolute atomic E-state index is 12.5. The average Bonchev–Trinajstić information content (AvgIpc) is 2.46. The molecule has 1 unspecified atom stereocenters. The van der Waals surface area contributed by atoms with Gasteiger partial charge in [-0.1, -0.05) is 32.9 Å². The predicted octanol–water partition coefficient (Wildman–Crippen LogP) is 3.22. The monoisotopic (exact) mass is 289 g/mol. The van der Waals surface area contributed by atoms with Crippen molar-refractivity contribution in [2.24, 2.45) is 5.92 Å². The lowest BCUT2D eigenvalue weighted by molar-refractivity contribution is 0.0521. The van der Waals surface area contributed by atoms with Gasteiger partial charge in [-0.2, -0.15) is 0 Å². The molecule has 1 aromatic carbocycles. The number of likely N-dealkylation sites (tertiary alicyclic amines) is 1. The summed E-state index contributed by atoms with van der Waals surface area (Å²) in [6.07, 6.45) is 1.51. The van der Waals surface area contributed by atoms with Gasteiger partial charge < -0.3 is 10.0 Å². The highest BCUT2D eigenvalue weighted by Crippen LogP contribution is 2.24. The van der Waals surface area contributed by atoms with Crippen LogP contribution in [0.2, 0.25) is 0 Å². The van der Waals surface area contributed by atoms with E-state index in [9.17, 15) is 9.90 Å². The van der Waals surface area contributed by atoms with E-state index in [1.165, 1.54) is 5.56 Å². The van der Waals surface area contributed by atoms with E-state index < -0.39 is 0 Å². The Kier molecular flexibility index (Phi) is 4.72. The molecule has 3 heteroatoms. The van der Waals surface area contributed by atoms with Crippen molar-refractivity contribution in [1.29, 1.82) is 0 Å². The lowest BCUT2D eigenvalue weighted by Gasteiger charge is -2.33. The van der Waals surface area contributed by atoms with Crippen molar-refractivity contribution in [2.45, 2.75) is 52.1 Å². The zero-order valence-electron chi connectivity index (χ0n) is 13.6. The number of aliphatic hydroxyl groups excluding tert-OH is 1. The van der Waals surface area contributed by atoms with Crippen LogP contribution in [0, 0.1) is 5.92 Å². The lowest BCUT2D eigenvalue weighted by Crippen LogP contribution is -2.40. The number of hydrogen-bond acceptors (Lipinski definition) is 2. The Morgan fingerprint density at radius 3 is 2.14 bits per heavy atom. The number of carbonyl (C=O) groups is 1. The van der Waals surface area contributed by atoms with Gasteiger partial charge in [-0.25, -0.2) is 0 Å². The first-order valence-electron chi connectivity index (χ1n) is 7.87. The highest BCUT2D eigenvalue weighted by Gasteiger charge is 2.26. The molecular weight excluding hydrogens is 262 g/mol. The molecule has 2 rings (SSSR count). The van der Waals surface area contributed by atoms with Gasteiger partial charge in [0.25, 0.3) is 5.91 Å². The molecule has 3 nitrogen and oxygen atoms in total. The first-order valence-corrected chi connectivity index (χ1v) is 7.87. The lowest BCUT2D eigenvalue weighted by atomic mass is 9.86. The molecular formula is C18H27NO2.